The lowest BCUT2D eigenvalue weighted by Gasteiger charge is -2.40. The molecule has 1 atom stereocenters. The molecule has 2 aromatic carbocycles. The highest BCUT2D eigenvalue weighted by atomic mass is 16.7. The average molecular weight is 309 g/mol. The van der Waals surface area contributed by atoms with Crippen LogP contribution in [0.5, 0.6) is 17.2 Å². The maximum atomic E-state index is 5.88. The number of hydrogen-bond acceptors (Lipinski definition) is 4. The summed E-state index contributed by atoms with van der Waals surface area (Å²) in [4.78, 5) is 2.45. The van der Waals surface area contributed by atoms with Crippen molar-refractivity contribution in [3.05, 3.63) is 41.0 Å². The maximum Gasteiger partial charge on any atom is 0.231 e. The van der Waals surface area contributed by atoms with Gasteiger partial charge in [-0.05, 0) is 36.6 Å². The third-order valence-electron chi connectivity index (χ3n) is 5.40. The summed E-state index contributed by atoms with van der Waals surface area (Å²) >= 11 is 0. The predicted octanol–water partition coefficient (Wildman–Crippen LogP) is 3.18. The Labute approximate surface area is 135 Å². The van der Waals surface area contributed by atoms with Gasteiger partial charge in [-0.3, -0.25) is 4.90 Å². The van der Waals surface area contributed by atoms with Crippen LogP contribution in [0.3, 0.4) is 0 Å². The second-order valence-electron chi connectivity index (χ2n) is 6.47. The zero-order valence-electron chi connectivity index (χ0n) is 13.4. The summed E-state index contributed by atoms with van der Waals surface area (Å²) < 4.78 is 17.4. The zero-order valence-corrected chi connectivity index (χ0v) is 13.4. The molecule has 5 rings (SSSR count). The average Bonchev–Trinajstić information content (AvgIpc) is 3.06. The molecule has 2 heterocycles. The summed E-state index contributed by atoms with van der Waals surface area (Å²) in [6.07, 6.45) is 2.02. The van der Waals surface area contributed by atoms with Gasteiger partial charge in [-0.25, -0.2) is 0 Å². The molecule has 0 saturated carbocycles. The van der Waals surface area contributed by atoms with Gasteiger partial charge >= 0.3 is 0 Å². The molecule has 1 unspecified atom stereocenters. The van der Waals surface area contributed by atoms with E-state index in [1.54, 1.807) is 7.11 Å². The van der Waals surface area contributed by atoms with E-state index >= 15 is 0 Å². The Kier molecular flexibility index (Phi) is 2.68. The van der Waals surface area contributed by atoms with Crippen molar-refractivity contribution in [1.82, 2.24) is 4.90 Å². The second-order valence-corrected chi connectivity index (χ2v) is 6.47. The minimum absolute atomic E-state index is 0.268. The first-order valence-electron chi connectivity index (χ1n) is 8.10. The third kappa shape index (κ3) is 1.64. The Balaban J connectivity index is 1.91. The number of ether oxygens (including phenoxy) is 3. The van der Waals surface area contributed by atoms with E-state index < -0.39 is 0 Å². The van der Waals surface area contributed by atoms with E-state index in [9.17, 15) is 0 Å². The van der Waals surface area contributed by atoms with E-state index in [0.717, 1.165) is 36.6 Å². The van der Waals surface area contributed by atoms with Crippen molar-refractivity contribution in [2.45, 2.75) is 18.9 Å². The molecule has 0 spiro atoms. The fourth-order valence-electron chi connectivity index (χ4n) is 4.34. The molecule has 0 saturated heterocycles. The molecule has 118 valence electrons. The van der Waals surface area contributed by atoms with Gasteiger partial charge in [0.2, 0.25) is 12.5 Å². The van der Waals surface area contributed by atoms with Crippen molar-refractivity contribution >= 4 is 0 Å². The maximum absolute atomic E-state index is 5.88. The second kappa shape index (κ2) is 4.65. The van der Waals surface area contributed by atoms with E-state index in [4.69, 9.17) is 14.2 Å². The van der Waals surface area contributed by atoms with E-state index in [2.05, 4.69) is 36.2 Å². The lowest BCUT2D eigenvalue weighted by atomic mass is 9.76. The van der Waals surface area contributed by atoms with Gasteiger partial charge in [-0.2, -0.15) is 0 Å². The number of rotatable bonds is 1. The van der Waals surface area contributed by atoms with Gasteiger partial charge in [0.05, 0.1) is 7.11 Å². The highest BCUT2D eigenvalue weighted by molar-refractivity contribution is 5.86. The van der Waals surface area contributed by atoms with Crippen molar-refractivity contribution in [2.24, 2.45) is 0 Å². The minimum atomic E-state index is 0.268. The molecule has 2 aromatic rings. The van der Waals surface area contributed by atoms with E-state index in [1.807, 2.05) is 0 Å². The van der Waals surface area contributed by atoms with Gasteiger partial charge in [-0.1, -0.05) is 24.3 Å². The predicted molar refractivity (Wildman–Crippen MR) is 87.3 cm³/mol. The number of nitrogens with zero attached hydrogens (tertiary/aromatic N) is 1. The molecular weight excluding hydrogens is 290 g/mol. The van der Waals surface area contributed by atoms with Crippen LogP contribution in [0, 0.1) is 0 Å². The van der Waals surface area contributed by atoms with Gasteiger partial charge in [0.25, 0.3) is 0 Å². The standard InChI is InChI=1S/C19H19NO3/c1-20-8-7-13-15-14(20)9-11-5-3-4-6-12(11)16(15)18-19(17(13)21-2)23-10-22-18/h3-6,14H,7-10H2,1-2H3. The molecule has 0 N–H and O–H groups in total. The van der Waals surface area contributed by atoms with Gasteiger partial charge in [0.1, 0.15) is 0 Å². The molecule has 4 nitrogen and oxygen atoms in total. The monoisotopic (exact) mass is 309 g/mol. The van der Waals surface area contributed by atoms with Crippen molar-refractivity contribution in [3.63, 3.8) is 0 Å². The highest BCUT2D eigenvalue weighted by Gasteiger charge is 2.40. The molecule has 0 fully saturated rings. The summed E-state index contributed by atoms with van der Waals surface area (Å²) in [7, 11) is 3.94. The van der Waals surface area contributed by atoms with E-state index in [0.29, 0.717) is 6.04 Å². The van der Waals surface area contributed by atoms with Crippen LogP contribution in [-0.4, -0.2) is 32.4 Å². The van der Waals surface area contributed by atoms with Crippen LogP contribution >= 0.6 is 0 Å². The quantitative estimate of drug-likeness (QED) is 0.809. The molecule has 0 radical (unpaired) electrons. The Hall–Kier alpha value is -2.20. The zero-order chi connectivity index (χ0) is 15.6. The molecule has 23 heavy (non-hydrogen) atoms. The van der Waals surface area contributed by atoms with Gasteiger partial charge in [-0.15, -0.1) is 0 Å². The molecule has 1 aliphatic carbocycles. The first-order chi connectivity index (χ1) is 11.3. The lowest BCUT2D eigenvalue weighted by molar-refractivity contribution is 0.171. The summed E-state index contributed by atoms with van der Waals surface area (Å²) in [5.41, 5.74) is 6.54. The molecule has 0 aromatic heterocycles. The Morgan fingerprint density at radius 3 is 2.87 bits per heavy atom. The van der Waals surface area contributed by atoms with Gasteiger partial charge < -0.3 is 14.2 Å². The number of benzene rings is 2. The topological polar surface area (TPSA) is 30.9 Å². The number of hydrogen-bond donors (Lipinski definition) is 0. The molecule has 0 amide bonds. The number of fused-ring (bicyclic) bond motifs is 4. The summed E-state index contributed by atoms with van der Waals surface area (Å²) in [5.74, 6) is 2.50. The van der Waals surface area contributed by atoms with Gasteiger partial charge in [0.15, 0.2) is 11.5 Å². The van der Waals surface area contributed by atoms with Crippen molar-refractivity contribution in [3.8, 4) is 28.4 Å². The fraction of sp³-hybridized carbons (Fsp3) is 0.368. The smallest absolute Gasteiger partial charge is 0.231 e. The molecule has 0 bridgehead atoms. The third-order valence-corrected chi connectivity index (χ3v) is 5.40. The van der Waals surface area contributed by atoms with E-state index in [-0.39, 0.29) is 6.79 Å². The van der Waals surface area contributed by atoms with Crippen LogP contribution in [-0.2, 0) is 12.8 Å². The van der Waals surface area contributed by atoms with Crippen molar-refractivity contribution in [1.29, 1.82) is 0 Å². The van der Waals surface area contributed by atoms with Crippen LogP contribution in [0.2, 0.25) is 0 Å². The Morgan fingerprint density at radius 1 is 1.17 bits per heavy atom. The minimum Gasteiger partial charge on any atom is -0.492 e. The van der Waals surface area contributed by atoms with E-state index in [1.165, 1.54) is 27.8 Å². The molecule has 4 heteroatoms. The van der Waals surface area contributed by atoms with Crippen LogP contribution in [0.15, 0.2) is 24.3 Å². The summed E-state index contributed by atoms with van der Waals surface area (Å²) in [6, 6.07) is 9.03. The molecule has 3 aliphatic rings. The summed E-state index contributed by atoms with van der Waals surface area (Å²) in [6.45, 7) is 1.31. The van der Waals surface area contributed by atoms with Crippen LogP contribution in [0.25, 0.3) is 11.1 Å². The normalized spacial score (nSPS) is 20.9. The summed E-state index contributed by atoms with van der Waals surface area (Å²) in [5, 5.41) is 0. The Morgan fingerprint density at radius 2 is 2.00 bits per heavy atom. The molecule has 2 aliphatic heterocycles. The van der Waals surface area contributed by atoms with Crippen LogP contribution < -0.4 is 14.2 Å². The number of likely N-dealkylation sites (N-methyl/N-ethyl adjacent to an activating group) is 1. The highest BCUT2D eigenvalue weighted by Crippen LogP contribution is 2.57. The van der Waals surface area contributed by atoms with Crippen LogP contribution in [0.4, 0.5) is 0 Å². The Bertz CT molecular complexity index is 815. The van der Waals surface area contributed by atoms with Crippen LogP contribution in [0.1, 0.15) is 22.7 Å². The van der Waals surface area contributed by atoms with Gasteiger partial charge in [0, 0.05) is 23.7 Å². The first-order valence-corrected chi connectivity index (χ1v) is 8.10. The SMILES string of the molecule is COc1c2c3c(c4c1OCO4)-c1ccccc1CC3N(C)CC2. The lowest BCUT2D eigenvalue weighted by Crippen LogP contribution is -2.35. The van der Waals surface area contributed by atoms with Crippen molar-refractivity contribution < 1.29 is 14.2 Å². The first kappa shape index (κ1) is 13.3. The fourth-order valence-corrected chi connectivity index (χ4v) is 4.34. The molecular formula is C19H19NO3. The number of methoxy groups -OCH3 is 1. The largest absolute Gasteiger partial charge is 0.492 e. The van der Waals surface area contributed by atoms with Crippen molar-refractivity contribution in [2.75, 3.05) is 27.5 Å².